The predicted molar refractivity (Wildman–Crippen MR) is 81.9 cm³/mol. The standard InChI is InChI=1S/C15H14N4.ClH/c16-13-6-12(13)10-3-4-14(17-7-10)9-1-2-11-8-18-19-15(11)5-9;/h1-5,7-8,12-13H,6,16H2,(H,18,19);1H/t12-,13+;/m0./s1. The van der Waals surface area contributed by atoms with E-state index in [0.717, 1.165) is 28.6 Å². The average Bonchev–Trinajstić information content (AvgIpc) is 3.00. The maximum atomic E-state index is 5.86. The van der Waals surface area contributed by atoms with Crippen molar-refractivity contribution in [2.24, 2.45) is 5.73 Å². The number of rotatable bonds is 2. The largest absolute Gasteiger partial charge is 0.327 e. The third kappa shape index (κ3) is 2.17. The first-order valence-corrected chi connectivity index (χ1v) is 6.46. The number of fused-ring (bicyclic) bond motifs is 1. The van der Waals surface area contributed by atoms with E-state index in [1.165, 1.54) is 5.56 Å². The van der Waals surface area contributed by atoms with Crippen LogP contribution in [-0.4, -0.2) is 21.2 Å². The molecule has 1 aliphatic carbocycles. The summed E-state index contributed by atoms with van der Waals surface area (Å²) in [5, 5.41) is 8.13. The molecule has 0 amide bonds. The highest BCUT2D eigenvalue weighted by Gasteiger charge is 2.34. The number of aromatic nitrogens is 3. The zero-order chi connectivity index (χ0) is 12.8. The number of aromatic amines is 1. The van der Waals surface area contributed by atoms with Crippen molar-refractivity contribution < 1.29 is 0 Å². The Bertz CT molecular complexity index is 735. The van der Waals surface area contributed by atoms with Crippen molar-refractivity contribution in [2.45, 2.75) is 18.4 Å². The molecule has 1 saturated carbocycles. The second-order valence-corrected chi connectivity index (χ2v) is 5.15. The van der Waals surface area contributed by atoms with Gasteiger partial charge in [0.25, 0.3) is 0 Å². The van der Waals surface area contributed by atoms with Gasteiger partial charge in [0.05, 0.1) is 17.4 Å². The molecule has 0 spiro atoms. The second-order valence-electron chi connectivity index (χ2n) is 5.15. The van der Waals surface area contributed by atoms with Crippen molar-refractivity contribution in [2.75, 3.05) is 0 Å². The Kier molecular flexibility index (Phi) is 3.20. The molecule has 0 bridgehead atoms. The molecule has 0 saturated heterocycles. The first-order valence-electron chi connectivity index (χ1n) is 6.46. The lowest BCUT2D eigenvalue weighted by atomic mass is 10.1. The highest BCUT2D eigenvalue weighted by Crippen LogP contribution is 2.38. The van der Waals surface area contributed by atoms with Crippen molar-refractivity contribution in [1.29, 1.82) is 0 Å². The lowest BCUT2D eigenvalue weighted by molar-refractivity contribution is 0.981. The van der Waals surface area contributed by atoms with Crippen LogP contribution in [0.4, 0.5) is 0 Å². The summed E-state index contributed by atoms with van der Waals surface area (Å²) < 4.78 is 0. The average molecular weight is 287 g/mol. The van der Waals surface area contributed by atoms with Crippen molar-refractivity contribution >= 4 is 23.3 Å². The van der Waals surface area contributed by atoms with E-state index in [1.807, 2.05) is 12.4 Å². The summed E-state index contributed by atoms with van der Waals surface area (Å²) in [6.07, 6.45) is 4.86. The molecule has 3 N–H and O–H groups in total. The van der Waals surface area contributed by atoms with Gasteiger partial charge in [-0.05, 0) is 24.1 Å². The smallest absolute Gasteiger partial charge is 0.0702 e. The summed E-state index contributed by atoms with van der Waals surface area (Å²) in [5.74, 6) is 0.511. The van der Waals surface area contributed by atoms with Crippen LogP contribution in [-0.2, 0) is 0 Å². The zero-order valence-electron chi connectivity index (χ0n) is 10.8. The minimum absolute atomic E-state index is 0. The van der Waals surface area contributed by atoms with E-state index in [1.54, 1.807) is 0 Å². The summed E-state index contributed by atoms with van der Waals surface area (Å²) in [5.41, 5.74) is 10.2. The minimum Gasteiger partial charge on any atom is -0.327 e. The SMILES string of the molecule is Cl.N[C@@H]1C[C@H]1c1ccc(-c2ccc3cn[nH]c3c2)nc1. The van der Waals surface area contributed by atoms with Gasteiger partial charge in [0.1, 0.15) is 0 Å². The summed E-state index contributed by atoms with van der Waals surface area (Å²) in [4.78, 5) is 4.55. The van der Waals surface area contributed by atoms with Crippen LogP contribution in [0, 0.1) is 0 Å². The third-order valence-corrected chi connectivity index (χ3v) is 3.79. The summed E-state index contributed by atoms with van der Waals surface area (Å²) in [7, 11) is 0. The van der Waals surface area contributed by atoms with Crippen LogP contribution in [0.5, 0.6) is 0 Å². The van der Waals surface area contributed by atoms with Gasteiger partial charge in [0, 0.05) is 29.1 Å². The Morgan fingerprint density at radius 1 is 1.15 bits per heavy atom. The Morgan fingerprint density at radius 2 is 2.00 bits per heavy atom. The van der Waals surface area contributed by atoms with Gasteiger partial charge in [0.2, 0.25) is 0 Å². The fraction of sp³-hybridized carbons (Fsp3) is 0.200. The molecule has 5 heteroatoms. The van der Waals surface area contributed by atoms with E-state index in [-0.39, 0.29) is 12.4 Å². The molecule has 2 aromatic heterocycles. The molecule has 2 atom stereocenters. The molecule has 1 fully saturated rings. The molecule has 20 heavy (non-hydrogen) atoms. The second kappa shape index (κ2) is 4.89. The van der Waals surface area contributed by atoms with Crippen LogP contribution in [0.2, 0.25) is 0 Å². The number of hydrogen-bond donors (Lipinski definition) is 2. The van der Waals surface area contributed by atoms with Gasteiger partial charge < -0.3 is 5.73 Å². The fourth-order valence-corrected chi connectivity index (χ4v) is 2.49. The number of pyridine rings is 1. The van der Waals surface area contributed by atoms with Gasteiger partial charge >= 0.3 is 0 Å². The molecule has 4 nitrogen and oxygen atoms in total. The fourth-order valence-electron chi connectivity index (χ4n) is 2.49. The van der Waals surface area contributed by atoms with E-state index in [0.29, 0.717) is 12.0 Å². The van der Waals surface area contributed by atoms with Gasteiger partial charge in [-0.2, -0.15) is 5.10 Å². The van der Waals surface area contributed by atoms with Crippen molar-refractivity contribution in [3.05, 3.63) is 48.3 Å². The third-order valence-electron chi connectivity index (χ3n) is 3.79. The van der Waals surface area contributed by atoms with Crippen LogP contribution in [0.15, 0.2) is 42.7 Å². The Morgan fingerprint density at radius 3 is 2.70 bits per heavy atom. The van der Waals surface area contributed by atoms with Crippen molar-refractivity contribution in [3.63, 3.8) is 0 Å². The maximum Gasteiger partial charge on any atom is 0.0702 e. The van der Waals surface area contributed by atoms with Gasteiger partial charge in [-0.3, -0.25) is 10.1 Å². The molecule has 3 aromatic rings. The van der Waals surface area contributed by atoms with E-state index >= 15 is 0 Å². The van der Waals surface area contributed by atoms with E-state index < -0.39 is 0 Å². The summed E-state index contributed by atoms with van der Waals surface area (Å²) in [6.45, 7) is 0. The number of nitrogens with one attached hydrogen (secondary N) is 1. The van der Waals surface area contributed by atoms with Crippen LogP contribution in [0.1, 0.15) is 17.9 Å². The van der Waals surface area contributed by atoms with E-state index in [2.05, 4.69) is 45.5 Å². The monoisotopic (exact) mass is 286 g/mol. The van der Waals surface area contributed by atoms with Crippen LogP contribution >= 0.6 is 12.4 Å². The lowest BCUT2D eigenvalue weighted by Crippen LogP contribution is -2.01. The van der Waals surface area contributed by atoms with Crippen LogP contribution in [0.25, 0.3) is 22.2 Å². The normalized spacial score (nSPS) is 20.6. The molecule has 0 unspecified atom stereocenters. The highest BCUT2D eigenvalue weighted by atomic mass is 35.5. The first kappa shape index (κ1) is 13.1. The molecule has 102 valence electrons. The molecule has 0 radical (unpaired) electrons. The number of nitrogens with zero attached hydrogens (tertiary/aromatic N) is 2. The maximum absolute atomic E-state index is 5.86. The Hall–Kier alpha value is -1.91. The number of benzene rings is 1. The van der Waals surface area contributed by atoms with Crippen LogP contribution < -0.4 is 5.73 Å². The quantitative estimate of drug-likeness (QED) is 0.761. The van der Waals surface area contributed by atoms with Gasteiger partial charge in [-0.1, -0.05) is 18.2 Å². The van der Waals surface area contributed by atoms with Gasteiger partial charge in [0.15, 0.2) is 0 Å². The molecular weight excluding hydrogens is 272 g/mol. The number of hydrogen-bond acceptors (Lipinski definition) is 3. The van der Waals surface area contributed by atoms with E-state index in [9.17, 15) is 0 Å². The number of halogens is 1. The molecule has 2 heterocycles. The predicted octanol–water partition coefficient (Wildman–Crippen LogP) is 2.86. The molecule has 1 aliphatic rings. The zero-order valence-corrected chi connectivity index (χ0v) is 11.6. The lowest BCUT2D eigenvalue weighted by Gasteiger charge is -2.03. The minimum atomic E-state index is 0. The highest BCUT2D eigenvalue weighted by molar-refractivity contribution is 5.85. The molecule has 1 aromatic carbocycles. The molecule has 4 rings (SSSR count). The Labute approximate surface area is 122 Å². The van der Waals surface area contributed by atoms with Crippen molar-refractivity contribution in [3.8, 4) is 11.3 Å². The number of H-pyrrole nitrogens is 1. The molecular formula is C15H15ClN4. The summed E-state index contributed by atoms with van der Waals surface area (Å²) >= 11 is 0. The van der Waals surface area contributed by atoms with Crippen LogP contribution in [0.3, 0.4) is 0 Å². The van der Waals surface area contributed by atoms with Gasteiger partial charge in [-0.25, -0.2) is 0 Å². The Balaban J connectivity index is 0.00000121. The number of nitrogens with two attached hydrogens (primary N) is 1. The van der Waals surface area contributed by atoms with E-state index in [4.69, 9.17) is 5.73 Å². The van der Waals surface area contributed by atoms with Gasteiger partial charge in [-0.15, -0.1) is 12.4 Å². The first-order chi connectivity index (χ1) is 9.31. The molecule has 0 aliphatic heterocycles. The van der Waals surface area contributed by atoms with Crippen molar-refractivity contribution in [1.82, 2.24) is 15.2 Å². The topological polar surface area (TPSA) is 67.6 Å². The summed E-state index contributed by atoms with van der Waals surface area (Å²) in [6, 6.07) is 10.7.